The zero-order chi connectivity index (χ0) is 16.7. The van der Waals surface area contributed by atoms with Crippen molar-refractivity contribution < 1.29 is 8.91 Å². The van der Waals surface area contributed by atoms with Gasteiger partial charge in [0.25, 0.3) is 0 Å². The van der Waals surface area contributed by atoms with E-state index >= 15 is 0 Å². The van der Waals surface area contributed by atoms with E-state index in [0.29, 0.717) is 30.8 Å². The summed E-state index contributed by atoms with van der Waals surface area (Å²) in [5.41, 5.74) is 2.07. The third-order valence-corrected chi connectivity index (χ3v) is 3.28. The maximum absolute atomic E-state index is 13.1. The molecule has 0 spiro atoms. The number of hydrogen-bond acceptors (Lipinski definition) is 4. The summed E-state index contributed by atoms with van der Waals surface area (Å²) in [4.78, 5) is 8.52. The quantitative estimate of drug-likeness (QED) is 0.405. The van der Waals surface area contributed by atoms with Gasteiger partial charge in [0.1, 0.15) is 12.4 Å². The Morgan fingerprint density at radius 2 is 2.08 bits per heavy atom. The fourth-order valence-electron chi connectivity index (χ4n) is 2.15. The zero-order valence-electron chi connectivity index (χ0n) is 14.1. The molecule has 0 atom stereocenters. The van der Waals surface area contributed by atoms with Gasteiger partial charge in [-0.15, -0.1) is 24.0 Å². The van der Waals surface area contributed by atoms with Crippen LogP contribution >= 0.6 is 24.0 Å². The molecule has 0 saturated carbocycles. The van der Waals surface area contributed by atoms with Crippen molar-refractivity contribution in [2.24, 2.45) is 4.99 Å². The summed E-state index contributed by atoms with van der Waals surface area (Å²) in [6, 6.07) is 4.85. The average Bonchev–Trinajstić information content (AvgIpc) is 2.92. The molecular weight excluding hydrogens is 424 g/mol. The van der Waals surface area contributed by atoms with Gasteiger partial charge in [0, 0.05) is 13.1 Å². The van der Waals surface area contributed by atoms with Crippen LogP contribution in [0.2, 0.25) is 0 Å². The summed E-state index contributed by atoms with van der Waals surface area (Å²) in [5.74, 6) is 1.56. The van der Waals surface area contributed by atoms with Crippen LogP contribution < -0.4 is 10.6 Å². The fourth-order valence-corrected chi connectivity index (χ4v) is 2.15. The number of hydrogen-bond donors (Lipinski definition) is 2. The first kappa shape index (κ1) is 20.3. The predicted molar refractivity (Wildman–Crippen MR) is 102 cm³/mol. The molecule has 2 N–H and O–H groups in total. The molecule has 6 nitrogen and oxygen atoms in total. The predicted octanol–water partition coefficient (Wildman–Crippen LogP) is 2.74. The van der Waals surface area contributed by atoms with Gasteiger partial charge in [0.15, 0.2) is 11.8 Å². The Morgan fingerprint density at radius 3 is 2.71 bits per heavy atom. The van der Waals surface area contributed by atoms with E-state index in [1.54, 1.807) is 13.0 Å². The topological polar surface area (TPSA) is 75.3 Å². The van der Waals surface area contributed by atoms with E-state index < -0.39 is 0 Å². The summed E-state index contributed by atoms with van der Waals surface area (Å²) < 4.78 is 18.1. The fraction of sp³-hybridized carbons (Fsp3) is 0.438. The molecule has 1 aromatic heterocycles. The van der Waals surface area contributed by atoms with E-state index in [2.05, 4.69) is 25.8 Å². The number of rotatable bonds is 6. The minimum atomic E-state index is -0.205. The third-order valence-electron chi connectivity index (χ3n) is 3.28. The van der Waals surface area contributed by atoms with E-state index in [-0.39, 0.29) is 29.8 Å². The van der Waals surface area contributed by atoms with Gasteiger partial charge in [0.2, 0.25) is 5.89 Å². The molecule has 0 aliphatic carbocycles. The molecule has 0 unspecified atom stereocenters. The molecule has 2 aromatic rings. The van der Waals surface area contributed by atoms with Crippen molar-refractivity contribution in [1.82, 2.24) is 20.8 Å². The van der Waals surface area contributed by atoms with E-state index in [0.717, 1.165) is 24.1 Å². The van der Waals surface area contributed by atoms with Crippen LogP contribution in [0.3, 0.4) is 0 Å². The molecule has 8 heteroatoms. The Bertz CT molecular complexity index is 674. The summed E-state index contributed by atoms with van der Waals surface area (Å²) in [6.07, 6.45) is 0.788. The molecule has 0 saturated heterocycles. The lowest BCUT2D eigenvalue weighted by molar-refractivity contribution is 0.376. The van der Waals surface area contributed by atoms with Crippen molar-refractivity contribution in [2.75, 3.05) is 13.1 Å². The van der Waals surface area contributed by atoms with Gasteiger partial charge in [0.05, 0.1) is 0 Å². The molecule has 1 heterocycles. The Morgan fingerprint density at radius 1 is 1.29 bits per heavy atom. The minimum Gasteiger partial charge on any atom is -0.357 e. The van der Waals surface area contributed by atoms with Gasteiger partial charge in [-0.3, -0.25) is 0 Å². The zero-order valence-corrected chi connectivity index (χ0v) is 16.4. The smallest absolute Gasteiger partial charge is 0.248 e. The van der Waals surface area contributed by atoms with Crippen molar-refractivity contribution in [3.8, 4) is 0 Å². The minimum absolute atomic E-state index is 0. The van der Waals surface area contributed by atoms with Crippen LogP contribution in [0, 0.1) is 19.7 Å². The highest BCUT2D eigenvalue weighted by Crippen LogP contribution is 2.10. The Kier molecular flexibility index (Phi) is 8.66. The standard InChI is InChI=1S/C16H22FN5O.HI/c1-4-18-16(20-10-15-21-12(3)22-23-15)19-8-7-13-5-6-14(17)9-11(13)2;/h5-6,9H,4,7-8,10H2,1-3H3,(H2,18,19,20);1H. The molecule has 132 valence electrons. The normalized spacial score (nSPS) is 11.1. The summed E-state index contributed by atoms with van der Waals surface area (Å²) in [7, 11) is 0. The van der Waals surface area contributed by atoms with Crippen LogP contribution in [0.15, 0.2) is 27.7 Å². The van der Waals surface area contributed by atoms with Crippen LogP contribution in [0.25, 0.3) is 0 Å². The molecular formula is C16H23FIN5O. The van der Waals surface area contributed by atoms with Crippen LogP contribution in [0.5, 0.6) is 0 Å². The molecule has 0 aliphatic heterocycles. The third kappa shape index (κ3) is 6.42. The number of benzene rings is 1. The number of halogens is 2. The molecule has 0 bridgehead atoms. The van der Waals surface area contributed by atoms with Crippen LogP contribution in [-0.2, 0) is 13.0 Å². The summed E-state index contributed by atoms with van der Waals surface area (Å²) >= 11 is 0. The molecule has 0 fully saturated rings. The lowest BCUT2D eigenvalue weighted by atomic mass is 10.1. The Hall–Kier alpha value is -1.71. The summed E-state index contributed by atoms with van der Waals surface area (Å²) in [5, 5.41) is 10.1. The Labute approximate surface area is 158 Å². The second kappa shape index (κ2) is 10.2. The van der Waals surface area contributed by atoms with Crippen molar-refractivity contribution in [1.29, 1.82) is 0 Å². The first-order valence-electron chi connectivity index (χ1n) is 7.65. The van der Waals surface area contributed by atoms with E-state index in [1.165, 1.54) is 6.07 Å². The lowest BCUT2D eigenvalue weighted by Gasteiger charge is -2.11. The van der Waals surface area contributed by atoms with Crippen molar-refractivity contribution in [2.45, 2.75) is 33.7 Å². The first-order valence-corrected chi connectivity index (χ1v) is 7.65. The number of aromatic nitrogens is 2. The maximum atomic E-state index is 13.1. The SMILES string of the molecule is CCNC(=NCc1nc(C)no1)NCCc1ccc(F)cc1C.I. The number of aliphatic imine (C=N–C) groups is 1. The number of guanidine groups is 1. The molecule has 0 amide bonds. The van der Waals surface area contributed by atoms with Gasteiger partial charge in [-0.2, -0.15) is 4.98 Å². The van der Waals surface area contributed by atoms with Crippen molar-refractivity contribution in [3.63, 3.8) is 0 Å². The average molecular weight is 447 g/mol. The monoisotopic (exact) mass is 447 g/mol. The second-order valence-electron chi connectivity index (χ2n) is 5.18. The van der Waals surface area contributed by atoms with Crippen LogP contribution in [0.4, 0.5) is 4.39 Å². The van der Waals surface area contributed by atoms with Crippen molar-refractivity contribution in [3.05, 3.63) is 46.9 Å². The molecule has 0 radical (unpaired) electrons. The molecule has 0 aliphatic rings. The second-order valence-corrected chi connectivity index (χ2v) is 5.18. The van der Waals surface area contributed by atoms with Gasteiger partial charge in [-0.05, 0) is 50.5 Å². The lowest BCUT2D eigenvalue weighted by Crippen LogP contribution is -2.38. The molecule has 1 aromatic carbocycles. The van der Waals surface area contributed by atoms with Gasteiger partial charge in [-0.1, -0.05) is 11.2 Å². The van der Waals surface area contributed by atoms with Crippen molar-refractivity contribution >= 4 is 29.9 Å². The highest BCUT2D eigenvalue weighted by molar-refractivity contribution is 14.0. The summed E-state index contributed by atoms with van der Waals surface area (Å²) in [6.45, 7) is 7.45. The highest BCUT2D eigenvalue weighted by Gasteiger charge is 2.04. The van der Waals surface area contributed by atoms with E-state index in [9.17, 15) is 4.39 Å². The van der Waals surface area contributed by atoms with E-state index in [4.69, 9.17) is 4.52 Å². The largest absolute Gasteiger partial charge is 0.357 e. The maximum Gasteiger partial charge on any atom is 0.248 e. The highest BCUT2D eigenvalue weighted by atomic mass is 127. The van der Waals surface area contributed by atoms with E-state index in [1.807, 2.05) is 19.9 Å². The number of nitrogens with one attached hydrogen (secondary N) is 2. The van der Waals surface area contributed by atoms with Gasteiger partial charge < -0.3 is 15.2 Å². The van der Waals surface area contributed by atoms with Gasteiger partial charge >= 0.3 is 0 Å². The molecule has 24 heavy (non-hydrogen) atoms. The van der Waals surface area contributed by atoms with Crippen LogP contribution in [0.1, 0.15) is 29.8 Å². The van der Waals surface area contributed by atoms with Crippen LogP contribution in [-0.4, -0.2) is 29.2 Å². The number of aryl methyl sites for hydroxylation is 2. The molecule has 2 rings (SSSR count). The number of nitrogens with zero attached hydrogens (tertiary/aromatic N) is 3. The Balaban J connectivity index is 0.00000288. The first-order chi connectivity index (χ1) is 11.1. The van der Waals surface area contributed by atoms with Gasteiger partial charge in [-0.25, -0.2) is 9.38 Å².